The van der Waals surface area contributed by atoms with E-state index in [0.717, 1.165) is 48.2 Å². The van der Waals surface area contributed by atoms with Crippen molar-refractivity contribution in [1.82, 2.24) is 4.57 Å². The molecule has 1 aliphatic heterocycles. The largest absolute Gasteiger partial charge is 0.465 e. The predicted molar refractivity (Wildman–Crippen MR) is 127 cm³/mol. The summed E-state index contributed by atoms with van der Waals surface area (Å²) in [7, 11) is 1.32. The normalized spacial score (nSPS) is 16.4. The molecule has 0 spiro atoms. The van der Waals surface area contributed by atoms with Gasteiger partial charge in [0.2, 0.25) is 0 Å². The van der Waals surface area contributed by atoms with Crippen LogP contribution >= 0.6 is 0 Å². The van der Waals surface area contributed by atoms with E-state index in [2.05, 4.69) is 25.2 Å². The fraction of sp³-hybridized carbons (Fsp3) is 0.333. The van der Waals surface area contributed by atoms with E-state index in [1.54, 1.807) is 10.6 Å². The highest BCUT2D eigenvalue weighted by Gasteiger charge is 2.31. The molecule has 2 heterocycles. The Bertz CT molecular complexity index is 1270. The van der Waals surface area contributed by atoms with Gasteiger partial charge in [-0.05, 0) is 72.1 Å². The Kier molecular flexibility index (Phi) is 5.12. The van der Waals surface area contributed by atoms with Crippen molar-refractivity contribution in [2.24, 2.45) is 0 Å². The van der Waals surface area contributed by atoms with E-state index in [1.807, 2.05) is 30.3 Å². The molecule has 0 bridgehead atoms. The van der Waals surface area contributed by atoms with Crippen molar-refractivity contribution in [3.05, 3.63) is 86.2 Å². The van der Waals surface area contributed by atoms with Crippen LogP contribution in [0.15, 0.2) is 47.3 Å². The van der Waals surface area contributed by atoms with Gasteiger partial charge in [-0.25, -0.2) is 4.79 Å². The number of hydrogen-bond donors (Lipinski definition) is 1. The maximum atomic E-state index is 13.6. The number of nitrogens with one attached hydrogen (secondary N) is 1. The van der Waals surface area contributed by atoms with Gasteiger partial charge < -0.3 is 14.6 Å². The Morgan fingerprint density at radius 1 is 1.19 bits per heavy atom. The molecule has 0 saturated heterocycles. The molecular formula is C27H28N2O3. The van der Waals surface area contributed by atoms with Crippen LogP contribution in [0.4, 0.5) is 5.69 Å². The van der Waals surface area contributed by atoms with Crippen LogP contribution in [0.3, 0.4) is 0 Å². The molecule has 0 amide bonds. The summed E-state index contributed by atoms with van der Waals surface area (Å²) in [6.45, 7) is 5.73. The van der Waals surface area contributed by atoms with Crippen LogP contribution in [0.5, 0.6) is 0 Å². The van der Waals surface area contributed by atoms with E-state index in [9.17, 15) is 9.59 Å². The molecule has 1 unspecified atom stereocenters. The molecule has 5 rings (SSSR count). The number of methoxy groups -OCH3 is 1. The number of carbonyl (C=O) groups is 1. The van der Waals surface area contributed by atoms with Crippen molar-refractivity contribution in [1.29, 1.82) is 0 Å². The summed E-state index contributed by atoms with van der Waals surface area (Å²) in [5.41, 5.74) is 9.13. The number of carbonyl (C=O) groups excluding carboxylic acids is 1. The molecule has 2 aliphatic rings. The summed E-state index contributed by atoms with van der Waals surface area (Å²) in [6, 6.07) is 13.9. The van der Waals surface area contributed by atoms with E-state index in [0.29, 0.717) is 6.54 Å². The van der Waals surface area contributed by atoms with Crippen molar-refractivity contribution in [3.63, 3.8) is 0 Å². The maximum absolute atomic E-state index is 13.6. The summed E-state index contributed by atoms with van der Waals surface area (Å²) in [5.74, 6) is -0.388. The lowest BCUT2D eigenvalue weighted by atomic mass is 9.77. The smallest absolute Gasteiger partial charge is 0.343 e. The molecule has 5 heteroatoms. The van der Waals surface area contributed by atoms with Crippen molar-refractivity contribution in [2.45, 2.75) is 45.6 Å². The first kappa shape index (κ1) is 20.6. The van der Waals surface area contributed by atoms with E-state index in [4.69, 9.17) is 4.74 Å². The SMILES string of the molecule is COC(=O)c1cc2c(n(Cc3ccccc3)c1=O)-c1cc(C)c3c(c1CC2C)CCCN3. The van der Waals surface area contributed by atoms with Gasteiger partial charge >= 0.3 is 5.97 Å². The highest BCUT2D eigenvalue weighted by atomic mass is 16.5. The van der Waals surface area contributed by atoms with Gasteiger partial charge in [-0.1, -0.05) is 37.3 Å². The first-order chi connectivity index (χ1) is 15.5. The van der Waals surface area contributed by atoms with Crippen molar-refractivity contribution >= 4 is 11.7 Å². The maximum Gasteiger partial charge on any atom is 0.343 e. The zero-order valence-corrected chi connectivity index (χ0v) is 18.8. The molecule has 1 aliphatic carbocycles. The first-order valence-electron chi connectivity index (χ1n) is 11.3. The Labute approximate surface area is 188 Å². The van der Waals surface area contributed by atoms with E-state index < -0.39 is 5.97 Å². The van der Waals surface area contributed by atoms with Gasteiger partial charge in [0.05, 0.1) is 19.3 Å². The summed E-state index contributed by atoms with van der Waals surface area (Å²) < 4.78 is 6.74. The molecule has 164 valence electrons. The molecule has 1 atom stereocenters. The number of nitrogens with zero attached hydrogens (tertiary/aromatic N) is 1. The number of fused-ring (bicyclic) bond motifs is 5. The molecule has 5 nitrogen and oxygen atoms in total. The van der Waals surface area contributed by atoms with Gasteiger partial charge in [-0.3, -0.25) is 4.79 Å². The summed E-state index contributed by atoms with van der Waals surface area (Å²) in [5, 5.41) is 3.59. The van der Waals surface area contributed by atoms with Gasteiger partial charge in [0.15, 0.2) is 0 Å². The standard InChI is InChI=1S/C27H28N2O3/c1-16-12-21-19-10-7-11-28-24(19)17(2)13-22(21)25-20(16)14-23(27(31)32-3)26(30)29(25)15-18-8-5-4-6-9-18/h4-6,8-9,13-14,16,28H,7,10-12,15H2,1-3H3. The Morgan fingerprint density at radius 3 is 2.72 bits per heavy atom. The van der Waals surface area contributed by atoms with Gasteiger partial charge in [-0.2, -0.15) is 0 Å². The van der Waals surface area contributed by atoms with Crippen LogP contribution < -0.4 is 10.9 Å². The van der Waals surface area contributed by atoms with Gasteiger partial charge in [0.25, 0.3) is 5.56 Å². The van der Waals surface area contributed by atoms with Crippen LogP contribution in [0.2, 0.25) is 0 Å². The van der Waals surface area contributed by atoms with Crippen molar-refractivity contribution in [2.75, 3.05) is 19.0 Å². The van der Waals surface area contributed by atoms with Crippen molar-refractivity contribution < 1.29 is 9.53 Å². The van der Waals surface area contributed by atoms with Crippen molar-refractivity contribution in [3.8, 4) is 11.3 Å². The predicted octanol–water partition coefficient (Wildman–Crippen LogP) is 4.68. The molecule has 0 fully saturated rings. The van der Waals surface area contributed by atoms with Crippen LogP contribution in [-0.4, -0.2) is 24.2 Å². The second kappa shape index (κ2) is 7.97. The molecular weight excluding hydrogens is 400 g/mol. The molecule has 1 aromatic heterocycles. The monoisotopic (exact) mass is 428 g/mol. The lowest BCUT2D eigenvalue weighted by Crippen LogP contribution is -2.32. The second-order valence-electron chi connectivity index (χ2n) is 8.94. The minimum Gasteiger partial charge on any atom is -0.465 e. The number of rotatable bonds is 3. The topological polar surface area (TPSA) is 60.3 Å². The number of ether oxygens (including phenoxy) is 1. The fourth-order valence-electron chi connectivity index (χ4n) is 5.33. The third-order valence-corrected chi connectivity index (χ3v) is 6.86. The van der Waals surface area contributed by atoms with Gasteiger partial charge in [-0.15, -0.1) is 0 Å². The summed E-state index contributed by atoms with van der Waals surface area (Å²) >= 11 is 0. The van der Waals surface area contributed by atoms with Gasteiger partial charge in [0.1, 0.15) is 5.56 Å². The highest BCUT2D eigenvalue weighted by Crippen LogP contribution is 2.45. The molecule has 1 N–H and O–H groups in total. The number of aryl methyl sites for hydroxylation is 1. The average Bonchev–Trinajstić information content (AvgIpc) is 2.81. The summed E-state index contributed by atoms with van der Waals surface area (Å²) in [4.78, 5) is 26.1. The zero-order chi connectivity index (χ0) is 22.4. The first-order valence-corrected chi connectivity index (χ1v) is 11.3. The van der Waals surface area contributed by atoms with E-state index >= 15 is 0 Å². The molecule has 3 aromatic rings. The third-order valence-electron chi connectivity index (χ3n) is 6.86. The minimum atomic E-state index is -0.580. The minimum absolute atomic E-state index is 0.105. The number of pyridine rings is 1. The third kappa shape index (κ3) is 3.24. The van der Waals surface area contributed by atoms with Crippen LogP contribution in [0.25, 0.3) is 11.3 Å². The number of anilines is 1. The number of benzene rings is 2. The molecule has 0 radical (unpaired) electrons. The Morgan fingerprint density at radius 2 is 1.97 bits per heavy atom. The van der Waals surface area contributed by atoms with Crippen LogP contribution in [0.1, 0.15) is 57.4 Å². The lowest BCUT2D eigenvalue weighted by molar-refractivity contribution is 0.0598. The number of esters is 1. The second-order valence-corrected chi connectivity index (χ2v) is 8.94. The number of aromatic nitrogens is 1. The molecule has 2 aromatic carbocycles. The van der Waals surface area contributed by atoms with E-state index in [1.165, 1.54) is 29.5 Å². The Balaban J connectivity index is 1.82. The average molecular weight is 429 g/mol. The molecule has 0 saturated carbocycles. The lowest BCUT2D eigenvalue weighted by Gasteiger charge is -2.33. The zero-order valence-electron chi connectivity index (χ0n) is 18.8. The Hall–Kier alpha value is -3.34. The highest BCUT2D eigenvalue weighted by molar-refractivity contribution is 5.90. The van der Waals surface area contributed by atoms with Crippen LogP contribution in [0, 0.1) is 6.92 Å². The fourth-order valence-corrected chi connectivity index (χ4v) is 5.33. The van der Waals surface area contributed by atoms with E-state index in [-0.39, 0.29) is 17.0 Å². The quantitative estimate of drug-likeness (QED) is 0.616. The summed E-state index contributed by atoms with van der Waals surface area (Å²) in [6.07, 6.45) is 3.07. The number of hydrogen-bond acceptors (Lipinski definition) is 4. The van der Waals surface area contributed by atoms with Crippen LogP contribution in [-0.2, 0) is 24.1 Å². The molecule has 32 heavy (non-hydrogen) atoms. The van der Waals surface area contributed by atoms with Gasteiger partial charge in [0, 0.05) is 17.8 Å².